The lowest BCUT2D eigenvalue weighted by Gasteiger charge is -2.12. The first-order valence-corrected chi connectivity index (χ1v) is 11.2. The molecule has 0 fully saturated rings. The van der Waals surface area contributed by atoms with Crippen molar-refractivity contribution in [2.45, 2.75) is 13.1 Å². The SMILES string of the molecule is Cc1ccc(NC(=O)c2nc(C(F)(F)F)[nH]c2-c2ccc(F)cc2)cc1NC(=O)c1ccc2[nH]cnc2c1. The maximum Gasteiger partial charge on any atom is 0.449 e. The summed E-state index contributed by atoms with van der Waals surface area (Å²) in [6.45, 7) is 1.74. The van der Waals surface area contributed by atoms with E-state index in [9.17, 15) is 27.2 Å². The molecule has 0 unspecified atom stereocenters. The summed E-state index contributed by atoms with van der Waals surface area (Å²) in [5, 5.41) is 5.29. The number of aryl methyl sites for hydroxylation is 1. The van der Waals surface area contributed by atoms with Crippen LogP contribution in [0.5, 0.6) is 0 Å². The van der Waals surface area contributed by atoms with Crippen molar-refractivity contribution >= 4 is 34.2 Å². The number of anilines is 2. The number of hydrogen-bond donors (Lipinski definition) is 4. The Morgan fingerprint density at radius 2 is 1.68 bits per heavy atom. The van der Waals surface area contributed by atoms with E-state index in [1.54, 1.807) is 31.2 Å². The summed E-state index contributed by atoms with van der Waals surface area (Å²) in [5.41, 5.74) is 2.42. The molecule has 5 rings (SSSR count). The normalized spacial score (nSPS) is 11.5. The lowest BCUT2D eigenvalue weighted by atomic mass is 10.1. The van der Waals surface area contributed by atoms with E-state index in [0.717, 1.165) is 17.6 Å². The zero-order valence-corrected chi connectivity index (χ0v) is 19.6. The van der Waals surface area contributed by atoms with Crippen LogP contribution in [0, 0.1) is 12.7 Å². The third-order valence-electron chi connectivity index (χ3n) is 5.75. The second kappa shape index (κ2) is 9.47. The molecular weight excluding hydrogens is 504 g/mol. The molecule has 0 aliphatic rings. The number of benzene rings is 3. The first-order chi connectivity index (χ1) is 18.1. The molecule has 12 heteroatoms. The molecule has 0 saturated heterocycles. The van der Waals surface area contributed by atoms with Crippen LogP contribution in [0.1, 0.15) is 32.2 Å². The number of hydrogen-bond acceptors (Lipinski definition) is 4. The molecule has 38 heavy (non-hydrogen) atoms. The van der Waals surface area contributed by atoms with E-state index in [0.29, 0.717) is 22.3 Å². The van der Waals surface area contributed by atoms with Gasteiger partial charge in [0, 0.05) is 22.5 Å². The second-order valence-corrected chi connectivity index (χ2v) is 8.39. The number of nitrogens with one attached hydrogen (secondary N) is 4. The van der Waals surface area contributed by atoms with Crippen LogP contribution in [-0.4, -0.2) is 31.8 Å². The van der Waals surface area contributed by atoms with Gasteiger partial charge in [0.15, 0.2) is 5.69 Å². The quantitative estimate of drug-likeness (QED) is 0.214. The summed E-state index contributed by atoms with van der Waals surface area (Å²) in [6.07, 6.45) is -3.32. The van der Waals surface area contributed by atoms with Crippen molar-refractivity contribution < 1.29 is 27.2 Å². The van der Waals surface area contributed by atoms with E-state index in [1.807, 2.05) is 0 Å². The van der Waals surface area contributed by atoms with E-state index in [4.69, 9.17) is 0 Å². The maximum atomic E-state index is 13.3. The van der Waals surface area contributed by atoms with Gasteiger partial charge < -0.3 is 20.6 Å². The monoisotopic (exact) mass is 522 g/mol. The molecule has 2 amide bonds. The Morgan fingerprint density at radius 3 is 2.42 bits per heavy atom. The number of fused-ring (bicyclic) bond motifs is 1. The Balaban J connectivity index is 1.41. The summed E-state index contributed by atoms with van der Waals surface area (Å²) in [5.74, 6) is -3.30. The Labute approximate surface area is 212 Å². The number of halogens is 4. The summed E-state index contributed by atoms with van der Waals surface area (Å²) < 4.78 is 53.4. The lowest BCUT2D eigenvalue weighted by molar-refractivity contribution is -0.144. The molecule has 0 aliphatic carbocycles. The van der Waals surface area contributed by atoms with Crippen LogP contribution in [0.25, 0.3) is 22.3 Å². The molecular formula is C26H18F4N6O2. The second-order valence-electron chi connectivity index (χ2n) is 8.39. The molecule has 8 nitrogen and oxygen atoms in total. The third kappa shape index (κ3) is 4.96. The molecule has 4 N–H and O–H groups in total. The number of aromatic amines is 2. The van der Waals surface area contributed by atoms with Gasteiger partial charge in [0.25, 0.3) is 11.8 Å². The van der Waals surface area contributed by atoms with Crippen molar-refractivity contribution in [1.29, 1.82) is 0 Å². The van der Waals surface area contributed by atoms with Crippen LogP contribution >= 0.6 is 0 Å². The molecule has 5 aromatic rings. The molecule has 192 valence electrons. The van der Waals surface area contributed by atoms with Crippen molar-refractivity contribution in [3.63, 3.8) is 0 Å². The highest BCUT2D eigenvalue weighted by Crippen LogP contribution is 2.32. The van der Waals surface area contributed by atoms with Crippen LogP contribution in [0.3, 0.4) is 0 Å². The topological polar surface area (TPSA) is 116 Å². The van der Waals surface area contributed by atoms with Crippen LogP contribution < -0.4 is 10.6 Å². The fourth-order valence-corrected chi connectivity index (χ4v) is 3.79. The van der Waals surface area contributed by atoms with Crippen LogP contribution in [0.2, 0.25) is 0 Å². The fraction of sp³-hybridized carbons (Fsp3) is 0.0769. The van der Waals surface area contributed by atoms with Crippen LogP contribution in [0.15, 0.2) is 67.0 Å². The van der Waals surface area contributed by atoms with E-state index in [1.165, 1.54) is 30.6 Å². The highest BCUT2D eigenvalue weighted by atomic mass is 19.4. The minimum atomic E-state index is -4.84. The van der Waals surface area contributed by atoms with E-state index in [2.05, 4.69) is 30.6 Å². The number of carbonyl (C=O) groups is 2. The Kier molecular flexibility index (Phi) is 6.15. The predicted molar refractivity (Wildman–Crippen MR) is 132 cm³/mol. The smallest absolute Gasteiger partial charge is 0.345 e. The first-order valence-electron chi connectivity index (χ1n) is 11.2. The van der Waals surface area contributed by atoms with Gasteiger partial charge in [0.1, 0.15) is 5.82 Å². The molecule has 2 aromatic heterocycles. The third-order valence-corrected chi connectivity index (χ3v) is 5.75. The van der Waals surface area contributed by atoms with Crippen molar-refractivity contribution in [2.24, 2.45) is 0 Å². The summed E-state index contributed by atoms with van der Waals surface area (Å²) in [7, 11) is 0. The number of alkyl halides is 3. The molecule has 3 aromatic carbocycles. The van der Waals surface area contributed by atoms with Crippen molar-refractivity contribution in [1.82, 2.24) is 19.9 Å². The zero-order valence-electron chi connectivity index (χ0n) is 19.6. The van der Waals surface area contributed by atoms with Crippen LogP contribution in [-0.2, 0) is 6.18 Å². The largest absolute Gasteiger partial charge is 0.449 e. The average Bonchev–Trinajstić information content (AvgIpc) is 3.53. The number of imidazole rings is 2. The van der Waals surface area contributed by atoms with Gasteiger partial charge in [0.05, 0.1) is 23.1 Å². The number of aromatic nitrogens is 4. The van der Waals surface area contributed by atoms with Crippen molar-refractivity contribution in [3.05, 3.63) is 95.5 Å². The molecule has 0 bridgehead atoms. The van der Waals surface area contributed by atoms with Crippen LogP contribution in [0.4, 0.5) is 28.9 Å². The highest BCUT2D eigenvalue weighted by molar-refractivity contribution is 6.08. The molecule has 0 spiro atoms. The number of amides is 2. The summed E-state index contributed by atoms with van der Waals surface area (Å²) >= 11 is 0. The first kappa shape index (κ1) is 24.7. The number of rotatable bonds is 5. The van der Waals surface area contributed by atoms with Gasteiger partial charge in [-0.25, -0.2) is 14.4 Å². The van der Waals surface area contributed by atoms with Gasteiger partial charge in [-0.05, 0) is 67.1 Å². The Morgan fingerprint density at radius 1 is 0.921 bits per heavy atom. The predicted octanol–water partition coefficient (Wildman–Crippen LogP) is 5.92. The number of carbonyl (C=O) groups excluding carboxylic acids is 2. The minimum absolute atomic E-state index is 0.144. The molecule has 0 radical (unpaired) electrons. The van der Waals surface area contributed by atoms with E-state index in [-0.39, 0.29) is 16.9 Å². The lowest BCUT2D eigenvalue weighted by Crippen LogP contribution is -2.16. The Bertz CT molecular complexity index is 1670. The summed E-state index contributed by atoms with van der Waals surface area (Å²) in [4.78, 5) is 38.5. The van der Waals surface area contributed by atoms with Gasteiger partial charge in [-0.2, -0.15) is 13.2 Å². The molecule has 0 aliphatic heterocycles. The van der Waals surface area contributed by atoms with Crippen molar-refractivity contribution in [2.75, 3.05) is 10.6 Å². The van der Waals surface area contributed by atoms with Gasteiger partial charge in [-0.1, -0.05) is 6.07 Å². The van der Waals surface area contributed by atoms with Gasteiger partial charge in [-0.15, -0.1) is 0 Å². The zero-order chi connectivity index (χ0) is 27.0. The maximum absolute atomic E-state index is 13.3. The molecule has 0 atom stereocenters. The minimum Gasteiger partial charge on any atom is -0.345 e. The van der Waals surface area contributed by atoms with Crippen molar-refractivity contribution in [3.8, 4) is 11.3 Å². The molecule has 2 heterocycles. The van der Waals surface area contributed by atoms with Gasteiger partial charge in [-0.3, -0.25) is 9.59 Å². The number of H-pyrrole nitrogens is 2. The highest BCUT2D eigenvalue weighted by Gasteiger charge is 2.37. The fourth-order valence-electron chi connectivity index (χ4n) is 3.79. The van der Waals surface area contributed by atoms with E-state index >= 15 is 0 Å². The van der Waals surface area contributed by atoms with Gasteiger partial charge >= 0.3 is 6.18 Å². The van der Waals surface area contributed by atoms with Gasteiger partial charge in [0.2, 0.25) is 5.82 Å². The Hall–Kier alpha value is -5.00. The standard InChI is InChI=1S/C26H18F4N6O2/c1-13-2-8-17(11-19(13)34-23(37)15-5-9-18-20(10-15)32-12-31-18)33-24(38)22-21(14-3-6-16(27)7-4-14)35-25(36-22)26(28,29)30/h2-12H,1H3,(H,31,32)(H,33,38)(H,34,37)(H,35,36). The average molecular weight is 522 g/mol. The van der Waals surface area contributed by atoms with E-state index < -0.39 is 35.3 Å². The number of nitrogens with zero attached hydrogens (tertiary/aromatic N) is 2. The summed E-state index contributed by atoms with van der Waals surface area (Å²) in [6, 6.07) is 14.2. The molecule has 0 saturated carbocycles.